The number of carbonyl (C=O) groups is 2. The topological polar surface area (TPSA) is 65.1 Å². The summed E-state index contributed by atoms with van der Waals surface area (Å²) in [6.07, 6.45) is 3.59. The summed E-state index contributed by atoms with van der Waals surface area (Å²) < 4.78 is 16.6. The van der Waals surface area contributed by atoms with E-state index in [4.69, 9.17) is 14.2 Å². The Bertz CT molecular complexity index is 1030. The van der Waals surface area contributed by atoms with Crippen LogP contribution in [0.5, 0.6) is 11.5 Å². The van der Waals surface area contributed by atoms with E-state index in [-0.39, 0.29) is 12.0 Å². The van der Waals surface area contributed by atoms with Crippen LogP contribution in [0, 0.1) is 0 Å². The fourth-order valence-corrected chi connectivity index (χ4v) is 3.90. The summed E-state index contributed by atoms with van der Waals surface area (Å²) in [4.78, 5) is 27.4. The first-order valence-corrected chi connectivity index (χ1v) is 10.3. The lowest BCUT2D eigenvalue weighted by molar-refractivity contribution is -0.136. The fourth-order valence-electron chi connectivity index (χ4n) is 3.90. The monoisotopic (exact) mass is 419 g/mol. The van der Waals surface area contributed by atoms with Gasteiger partial charge in [-0.3, -0.25) is 4.79 Å². The molecule has 0 aromatic heterocycles. The molecule has 0 saturated carbocycles. The molecule has 0 N–H and O–H groups in total. The lowest BCUT2D eigenvalue weighted by atomic mass is 10.0. The Kier molecular flexibility index (Phi) is 6.18. The number of hydrogen-bond donors (Lipinski definition) is 0. The Hall–Kier alpha value is -3.38. The highest BCUT2D eigenvalue weighted by molar-refractivity contribution is 6.16. The van der Waals surface area contributed by atoms with Crippen LogP contribution in [0.4, 0.5) is 0 Å². The number of methoxy groups -OCH3 is 1. The first-order chi connectivity index (χ1) is 15.1. The molecule has 6 heteroatoms. The number of amides is 1. The van der Waals surface area contributed by atoms with Gasteiger partial charge in [0.2, 0.25) is 0 Å². The minimum atomic E-state index is -0.524. The third-order valence-corrected chi connectivity index (χ3v) is 5.46. The van der Waals surface area contributed by atoms with Gasteiger partial charge in [0.25, 0.3) is 5.91 Å². The number of allylic oxidation sites excluding steroid dienone is 1. The van der Waals surface area contributed by atoms with Crippen LogP contribution in [0.2, 0.25) is 0 Å². The smallest absolute Gasteiger partial charge is 0.340 e. The molecule has 2 aliphatic rings. The van der Waals surface area contributed by atoms with E-state index >= 15 is 0 Å². The summed E-state index contributed by atoms with van der Waals surface area (Å²) in [6, 6.07) is 16.9. The predicted octanol–water partition coefficient (Wildman–Crippen LogP) is 4.33. The number of rotatable bonds is 6. The molecule has 160 valence electrons. The first-order valence-electron chi connectivity index (χ1n) is 10.3. The summed E-state index contributed by atoms with van der Waals surface area (Å²) in [6.45, 7) is 2.91. The van der Waals surface area contributed by atoms with E-state index in [1.807, 2.05) is 54.6 Å². The molecule has 2 aliphatic heterocycles. The van der Waals surface area contributed by atoms with Gasteiger partial charge in [0.15, 0.2) is 0 Å². The van der Waals surface area contributed by atoms with E-state index in [9.17, 15) is 9.59 Å². The second-order valence-electron chi connectivity index (χ2n) is 7.55. The molecule has 0 aliphatic carbocycles. The molecule has 1 amide bonds. The highest BCUT2D eigenvalue weighted by Gasteiger charge is 2.38. The predicted molar refractivity (Wildman–Crippen MR) is 116 cm³/mol. The summed E-state index contributed by atoms with van der Waals surface area (Å²) in [5, 5.41) is 0. The lowest BCUT2D eigenvalue weighted by Gasteiger charge is -2.21. The molecule has 31 heavy (non-hydrogen) atoms. The molecule has 1 saturated heterocycles. The molecule has 0 radical (unpaired) electrons. The van der Waals surface area contributed by atoms with Gasteiger partial charge in [-0.15, -0.1) is 0 Å². The first kappa shape index (κ1) is 20.9. The Labute approximate surface area is 181 Å². The molecule has 4 rings (SSSR count). The normalized spacial score (nSPS) is 19.9. The second-order valence-corrected chi connectivity index (χ2v) is 7.55. The van der Waals surface area contributed by atoms with Crippen molar-refractivity contribution in [3.63, 3.8) is 0 Å². The van der Waals surface area contributed by atoms with Gasteiger partial charge in [-0.2, -0.15) is 0 Å². The molecule has 0 spiro atoms. The molecule has 1 atom stereocenters. The van der Waals surface area contributed by atoms with Crippen LogP contribution in [-0.2, 0) is 19.1 Å². The van der Waals surface area contributed by atoms with Gasteiger partial charge in [0.1, 0.15) is 11.5 Å². The minimum absolute atomic E-state index is 0.0141. The van der Waals surface area contributed by atoms with Crippen molar-refractivity contribution < 1.29 is 23.8 Å². The summed E-state index contributed by atoms with van der Waals surface area (Å²) in [5.74, 6) is 0.618. The van der Waals surface area contributed by atoms with Crippen molar-refractivity contribution in [3.05, 3.63) is 77.0 Å². The molecular formula is C25H25NO5. The van der Waals surface area contributed by atoms with Gasteiger partial charge in [-0.05, 0) is 55.7 Å². The zero-order valence-electron chi connectivity index (χ0n) is 17.7. The van der Waals surface area contributed by atoms with Gasteiger partial charge in [0.05, 0.1) is 30.9 Å². The van der Waals surface area contributed by atoms with Gasteiger partial charge in [-0.1, -0.05) is 30.3 Å². The number of nitrogens with zero attached hydrogens (tertiary/aromatic N) is 1. The van der Waals surface area contributed by atoms with Crippen LogP contribution in [0.1, 0.15) is 25.3 Å². The molecule has 2 heterocycles. The maximum atomic E-state index is 13.2. The van der Waals surface area contributed by atoms with Crippen LogP contribution >= 0.6 is 0 Å². The third kappa shape index (κ3) is 4.54. The van der Waals surface area contributed by atoms with Gasteiger partial charge < -0.3 is 19.1 Å². The SMILES string of the molecule is COC(=O)C1=C(C)N(C[C@@H]2CCCO2)C(=O)/C1=C\c1cccc(Oc2ccccc2)c1. The largest absolute Gasteiger partial charge is 0.465 e. The van der Waals surface area contributed by atoms with Crippen LogP contribution in [0.15, 0.2) is 71.4 Å². The zero-order valence-corrected chi connectivity index (χ0v) is 17.7. The van der Waals surface area contributed by atoms with E-state index < -0.39 is 5.97 Å². The fraction of sp³-hybridized carbons (Fsp3) is 0.280. The highest BCUT2D eigenvalue weighted by atomic mass is 16.5. The van der Waals surface area contributed by atoms with Crippen LogP contribution in [0.3, 0.4) is 0 Å². The number of benzene rings is 2. The van der Waals surface area contributed by atoms with Crippen molar-refractivity contribution in [2.75, 3.05) is 20.3 Å². The van der Waals surface area contributed by atoms with E-state index in [0.717, 1.165) is 24.2 Å². The molecule has 0 bridgehead atoms. The van der Waals surface area contributed by atoms with E-state index in [1.54, 1.807) is 17.9 Å². The number of esters is 1. The second kappa shape index (κ2) is 9.18. The number of para-hydroxylation sites is 1. The van der Waals surface area contributed by atoms with E-state index in [1.165, 1.54) is 7.11 Å². The molecule has 2 aromatic carbocycles. The third-order valence-electron chi connectivity index (χ3n) is 5.46. The minimum Gasteiger partial charge on any atom is -0.465 e. The van der Waals surface area contributed by atoms with Crippen molar-refractivity contribution in [2.45, 2.75) is 25.9 Å². The van der Waals surface area contributed by atoms with Crippen LogP contribution < -0.4 is 4.74 Å². The average molecular weight is 419 g/mol. The molecule has 2 aromatic rings. The van der Waals surface area contributed by atoms with Crippen molar-refractivity contribution >= 4 is 18.0 Å². The molecule has 1 fully saturated rings. The number of ether oxygens (including phenoxy) is 3. The maximum absolute atomic E-state index is 13.2. The van der Waals surface area contributed by atoms with E-state index in [0.29, 0.717) is 35.7 Å². The van der Waals surface area contributed by atoms with Gasteiger partial charge in [0, 0.05) is 12.3 Å². The summed E-state index contributed by atoms with van der Waals surface area (Å²) in [5.41, 5.74) is 1.96. The van der Waals surface area contributed by atoms with Gasteiger partial charge >= 0.3 is 5.97 Å². The standard InChI is InChI=1S/C25H25NO5/c1-17-23(25(28)29-2)22(24(27)26(17)16-21-12-7-13-30-21)15-18-8-6-11-20(14-18)31-19-9-4-3-5-10-19/h3-6,8-11,14-15,21H,7,12-13,16H2,1-2H3/b22-15-/t21-/m0/s1. The lowest BCUT2D eigenvalue weighted by Crippen LogP contribution is -2.33. The Morgan fingerprint density at radius 3 is 2.65 bits per heavy atom. The van der Waals surface area contributed by atoms with Crippen molar-refractivity contribution in [1.29, 1.82) is 0 Å². The van der Waals surface area contributed by atoms with Gasteiger partial charge in [-0.25, -0.2) is 4.79 Å². The zero-order chi connectivity index (χ0) is 21.8. The Morgan fingerprint density at radius 2 is 1.94 bits per heavy atom. The number of hydrogen-bond acceptors (Lipinski definition) is 5. The summed E-state index contributed by atoms with van der Waals surface area (Å²) in [7, 11) is 1.32. The van der Waals surface area contributed by atoms with Crippen LogP contribution in [-0.4, -0.2) is 43.1 Å². The average Bonchev–Trinajstić information content (AvgIpc) is 3.37. The quantitative estimate of drug-likeness (QED) is 0.515. The molecule has 6 nitrogen and oxygen atoms in total. The van der Waals surface area contributed by atoms with Crippen molar-refractivity contribution in [2.24, 2.45) is 0 Å². The molecule has 0 unspecified atom stereocenters. The summed E-state index contributed by atoms with van der Waals surface area (Å²) >= 11 is 0. The van der Waals surface area contributed by atoms with E-state index in [2.05, 4.69) is 0 Å². The maximum Gasteiger partial charge on any atom is 0.340 e. The Balaban J connectivity index is 1.64. The molecular weight excluding hydrogens is 394 g/mol. The highest BCUT2D eigenvalue weighted by Crippen LogP contribution is 2.33. The number of carbonyl (C=O) groups excluding carboxylic acids is 2. The van der Waals surface area contributed by atoms with Crippen molar-refractivity contribution in [3.8, 4) is 11.5 Å². The Morgan fingerprint density at radius 1 is 1.16 bits per heavy atom. The van der Waals surface area contributed by atoms with Crippen LogP contribution in [0.25, 0.3) is 6.08 Å². The van der Waals surface area contributed by atoms with Crippen molar-refractivity contribution in [1.82, 2.24) is 4.90 Å².